The summed E-state index contributed by atoms with van der Waals surface area (Å²) in [6, 6.07) is 0. The fraction of sp³-hybridized carbons (Fsp3) is 0.900. The normalized spacial score (nSPS) is 11.4. The van der Waals surface area contributed by atoms with Gasteiger partial charge in [0.15, 0.2) is 0 Å². The Morgan fingerprint density at radius 1 is 1.29 bits per heavy atom. The molecule has 0 saturated carbocycles. The Hall–Kier alpha value is -0.610. The number of ether oxygens (including phenoxy) is 2. The fourth-order valence-electron chi connectivity index (χ4n) is 0.728. The summed E-state index contributed by atoms with van der Waals surface area (Å²) in [5.74, 6) is -0.392. The van der Waals surface area contributed by atoms with Crippen molar-refractivity contribution in [2.75, 3.05) is 19.8 Å². The topological polar surface area (TPSA) is 61.5 Å². The second-order valence-corrected chi connectivity index (χ2v) is 3.82. The molecule has 84 valence electrons. The van der Waals surface area contributed by atoms with E-state index in [0.717, 1.165) is 19.4 Å². The summed E-state index contributed by atoms with van der Waals surface area (Å²) in [7, 11) is 0. The van der Waals surface area contributed by atoms with Gasteiger partial charge in [0.05, 0.1) is 6.61 Å². The summed E-state index contributed by atoms with van der Waals surface area (Å²) < 4.78 is 10.1. The predicted octanol–water partition coefficient (Wildman–Crippen LogP) is 1.08. The van der Waals surface area contributed by atoms with Gasteiger partial charge in [-0.1, -0.05) is 13.3 Å². The number of carbonyl (C=O) groups excluding carboxylic acids is 1. The van der Waals surface area contributed by atoms with Gasteiger partial charge in [-0.3, -0.25) is 4.79 Å². The van der Waals surface area contributed by atoms with Gasteiger partial charge in [-0.2, -0.15) is 0 Å². The van der Waals surface area contributed by atoms with Crippen LogP contribution in [0.25, 0.3) is 0 Å². The Balaban J connectivity index is 3.33. The van der Waals surface area contributed by atoms with Crippen molar-refractivity contribution in [1.29, 1.82) is 0 Å². The van der Waals surface area contributed by atoms with Crippen molar-refractivity contribution in [1.82, 2.24) is 0 Å². The van der Waals surface area contributed by atoms with Gasteiger partial charge in [0.2, 0.25) is 0 Å². The maximum absolute atomic E-state index is 11.2. The van der Waals surface area contributed by atoms with Gasteiger partial charge in [-0.05, 0) is 20.3 Å². The highest BCUT2D eigenvalue weighted by atomic mass is 16.6. The summed E-state index contributed by atoms with van der Waals surface area (Å²) in [5, 5.41) is 0. The van der Waals surface area contributed by atoms with E-state index in [-0.39, 0.29) is 6.61 Å². The van der Waals surface area contributed by atoms with Crippen LogP contribution in [-0.2, 0) is 14.3 Å². The molecule has 0 unspecified atom stereocenters. The molecule has 0 rings (SSSR count). The largest absolute Gasteiger partial charge is 0.462 e. The van der Waals surface area contributed by atoms with Crippen LogP contribution in [0.15, 0.2) is 0 Å². The molecule has 0 atom stereocenters. The molecule has 0 amide bonds. The van der Waals surface area contributed by atoms with Crippen LogP contribution in [0, 0.1) is 0 Å². The van der Waals surface area contributed by atoms with Crippen molar-refractivity contribution < 1.29 is 14.3 Å². The zero-order valence-corrected chi connectivity index (χ0v) is 9.34. The number of esters is 1. The average molecular weight is 203 g/mol. The molecule has 0 fully saturated rings. The molecule has 0 radical (unpaired) electrons. The summed E-state index contributed by atoms with van der Waals surface area (Å²) >= 11 is 0. The lowest BCUT2D eigenvalue weighted by atomic mass is 10.1. The van der Waals surface area contributed by atoms with Crippen LogP contribution in [0.2, 0.25) is 0 Å². The smallest absolute Gasteiger partial charge is 0.325 e. The van der Waals surface area contributed by atoms with E-state index in [2.05, 4.69) is 6.92 Å². The van der Waals surface area contributed by atoms with E-state index in [4.69, 9.17) is 15.2 Å². The van der Waals surface area contributed by atoms with Gasteiger partial charge < -0.3 is 15.2 Å². The summed E-state index contributed by atoms with van der Waals surface area (Å²) in [4.78, 5) is 11.2. The number of hydrogen-bond acceptors (Lipinski definition) is 4. The second kappa shape index (κ2) is 6.79. The molecule has 0 saturated heterocycles. The molecule has 0 spiro atoms. The highest BCUT2D eigenvalue weighted by molar-refractivity contribution is 5.79. The molecule has 4 nitrogen and oxygen atoms in total. The van der Waals surface area contributed by atoms with Crippen LogP contribution in [0.5, 0.6) is 0 Å². The van der Waals surface area contributed by atoms with Crippen LogP contribution in [-0.4, -0.2) is 31.3 Å². The van der Waals surface area contributed by atoms with Crippen molar-refractivity contribution in [3.8, 4) is 0 Å². The van der Waals surface area contributed by atoms with E-state index in [0.29, 0.717) is 6.61 Å². The van der Waals surface area contributed by atoms with E-state index in [9.17, 15) is 4.79 Å². The first-order chi connectivity index (χ1) is 6.48. The van der Waals surface area contributed by atoms with Gasteiger partial charge in [-0.25, -0.2) is 0 Å². The highest BCUT2D eigenvalue weighted by Gasteiger charge is 2.23. The van der Waals surface area contributed by atoms with Crippen molar-refractivity contribution in [3.63, 3.8) is 0 Å². The molecular weight excluding hydrogens is 182 g/mol. The summed E-state index contributed by atoms with van der Waals surface area (Å²) in [6.07, 6.45) is 2.14. The SMILES string of the molecule is CCCCOCCOC(=O)C(C)(C)N. The molecule has 4 heteroatoms. The molecule has 0 aromatic carbocycles. The molecule has 0 aliphatic heterocycles. The van der Waals surface area contributed by atoms with Gasteiger partial charge in [0.1, 0.15) is 12.1 Å². The van der Waals surface area contributed by atoms with Crippen molar-refractivity contribution in [3.05, 3.63) is 0 Å². The quantitative estimate of drug-likeness (QED) is 0.497. The first-order valence-corrected chi connectivity index (χ1v) is 5.02. The molecular formula is C10H21NO3. The highest BCUT2D eigenvalue weighted by Crippen LogP contribution is 1.99. The molecule has 0 heterocycles. The number of unbranched alkanes of at least 4 members (excludes halogenated alkanes) is 1. The molecule has 0 aromatic rings. The Bertz CT molecular complexity index is 163. The maximum atomic E-state index is 11.2. The Morgan fingerprint density at radius 3 is 2.43 bits per heavy atom. The third-order valence-corrected chi connectivity index (χ3v) is 1.63. The summed E-state index contributed by atoms with van der Waals surface area (Å²) in [5.41, 5.74) is 4.61. The zero-order chi connectivity index (χ0) is 11.0. The standard InChI is InChI=1S/C10H21NO3/c1-4-5-6-13-7-8-14-9(12)10(2,3)11/h4-8,11H2,1-3H3. The maximum Gasteiger partial charge on any atom is 0.325 e. The lowest BCUT2D eigenvalue weighted by Crippen LogP contribution is -2.43. The lowest BCUT2D eigenvalue weighted by molar-refractivity contribution is -0.150. The van der Waals surface area contributed by atoms with E-state index in [1.165, 1.54) is 0 Å². The predicted molar refractivity (Wildman–Crippen MR) is 55.0 cm³/mol. The molecule has 0 bridgehead atoms. The first kappa shape index (κ1) is 13.4. The van der Waals surface area contributed by atoms with Crippen LogP contribution in [0.4, 0.5) is 0 Å². The number of nitrogens with two attached hydrogens (primary N) is 1. The third kappa shape index (κ3) is 6.86. The van der Waals surface area contributed by atoms with Crippen LogP contribution in [0.1, 0.15) is 33.6 Å². The Labute approximate surface area is 85.8 Å². The third-order valence-electron chi connectivity index (χ3n) is 1.63. The van der Waals surface area contributed by atoms with E-state index >= 15 is 0 Å². The van der Waals surface area contributed by atoms with Crippen LogP contribution < -0.4 is 5.73 Å². The van der Waals surface area contributed by atoms with Crippen molar-refractivity contribution >= 4 is 5.97 Å². The average Bonchev–Trinajstić information content (AvgIpc) is 2.09. The fourth-order valence-corrected chi connectivity index (χ4v) is 0.728. The van der Waals surface area contributed by atoms with Crippen LogP contribution in [0.3, 0.4) is 0 Å². The van der Waals surface area contributed by atoms with E-state index < -0.39 is 11.5 Å². The van der Waals surface area contributed by atoms with E-state index in [1.54, 1.807) is 13.8 Å². The molecule has 0 aliphatic rings. The number of carbonyl (C=O) groups is 1. The summed E-state index contributed by atoms with van der Waals surface area (Å²) in [6.45, 7) is 6.78. The van der Waals surface area contributed by atoms with Gasteiger partial charge in [0.25, 0.3) is 0 Å². The van der Waals surface area contributed by atoms with Gasteiger partial charge >= 0.3 is 5.97 Å². The van der Waals surface area contributed by atoms with Crippen molar-refractivity contribution in [2.45, 2.75) is 39.2 Å². The Morgan fingerprint density at radius 2 is 1.93 bits per heavy atom. The minimum Gasteiger partial charge on any atom is -0.462 e. The van der Waals surface area contributed by atoms with E-state index in [1.807, 2.05) is 0 Å². The molecule has 0 aromatic heterocycles. The lowest BCUT2D eigenvalue weighted by Gasteiger charge is -2.16. The minimum atomic E-state index is -0.913. The molecule has 14 heavy (non-hydrogen) atoms. The zero-order valence-electron chi connectivity index (χ0n) is 9.34. The monoisotopic (exact) mass is 203 g/mol. The van der Waals surface area contributed by atoms with Gasteiger partial charge in [0, 0.05) is 6.61 Å². The Kier molecular flexibility index (Phi) is 6.49. The number of hydrogen-bond donors (Lipinski definition) is 1. The van der Waals surface area contributed by atoms with Gasteiger partial charge in [-0.15, -0.1) is 0 Å². The molecule has 0 aliphatic carbocycles. The first-order valence-electron chi connectivity index (χ1n) is 5.02. The van der Waals surface area contributed by atoms with Crippen molar-refractivity contribution in [2.24, 2.45) is 5.73 Å². The number of rotatable bonds is 7. The van der Waals surface area contributed by atoms with Crippen LogP contribution >= 0.6 is 0 Å². The molecule has 2 N–H and O–H groups in total. The second-order valence-electron chi connectivity index (χ2n) is 3.82. The minimum absolute atomic E-state index is 0.281.